The summed E-state index contributed by atoms with van der Waals surface area (Å²) >= 11 is 1.12. The quantitative estimate of drug-likeness (QED) is 0.764. The largest absolute Gasteiger partial charge is 0.503 e. The summed E-state index contributed by atoms with van der Waals surface area (Å²) < 4.78 is 29.0. The van der Waals surface area contributed by atoms with Crippen molar-refractivity contribution in [3.05, 3.63) is 55.7 Å². The number of benzene rings is 1. The highest BCUT2D eigenvalue weighted by molar-refractivity contribution is 7.99. The minimum atomic E-state index is -1.20. The highest BCUT2D eigenvalue weighted by Gasteiger charge is 2.30. The maximum atomic E-state index is 13.5. The molecule has 1 aromatic heterocycles. The lowest BCUT2D eigenvalue weighted by Crippen LogP contribution is -2.44. The monoisotopic (exact) mass is 384 g/mol. The van der Waals surface area contributed by atoms with Gasteiger partial charge >= 0.3 is 11.7 Å². The highest BCUT2D eigenvalue weighted by atomic mass is 32.2. The van der Waals surface area contributed by atoms with Crippen LogP contribution in [-0.2, 0) is 24.8 Å². The molecule has 1 aromatic carbocycles. The van der Waals surface area contributed by atoms with E-state index in [0.717, 1.165) is 28.5 Å². The van der Waals surface area contributed by atoms with Gasteiger partial charge < -0.3 is 10.2 Å². The van der Waals surface area contributed by atoms with Crippen LogP contribution in [0.3, 0.4) is 0 Å². The Morgan fingerprint density at radius 1 is 1.31 bits per heavy atom. The fourth-order valence-electron chi connectivity index (χ4n) is 2.84. The molecule has 0 saturated carbocycles. The van der Waals surface area contributed by atoms with Crippen molar-refractivity contribution < 1.29 is 23.8 Å². The molecule has 2 aromatic rings. The molecule has 0 saturated heterocycles. The highest BCUT2D eigenvalue weighted by Crippen LogP contribution is 2.30. The fourth-order valence-corrected chi connectivity index (χ4v) is 4.08. The minimum Gasteiger partial charge on any atom is -0.503 e. The van der Waals surface area contributed by atoms with Crippen LogP contribution in [0, 0.1) is 17.6 Å². The average molecular weight is 384 g/mol. The number of nitrogens with zero attached hydrogens (tertiary/aromatic N) is 2. The summed E-state index contributed by atoms with van der Waals surface area (Å²) in [6.07, 6.45) is -0.0249. The number of halogens is 2. The zero-order valence-electron chi connectivity index (χ0n) is 13.5. The van der Waals surface area contributed by atoms with E-state index in [4.69, 9.17) is 5.11 Å². The molecule has 2 N–H and O–H groups in total. The van der Waals surface area contributed by atoms with E-state index in [1.54, 1.807) is 0 Å². The number of rotatable bonds is 3. The Labute approximate surface area is 149 Å². The van der Waals surface area contributed by atoms with Crippen LogP contribution in [0.2, 0.25) is 0 Å². The second-order valence-corrected chi connectivity index (χ2v) is 6.98. The van der Waals surface area contributed by atoms with E-state index in [1.165, 1.54) is 11.6 Å². The molecule has 10 heteroatoms. The van der Waals surface area contributed by atoms with E-state index in [2.05, 4.69) is 0 Å². The van der Waals surface area contributed by atoms with Crippen LogP contribution in [0.25, 0.3) is 0 Å². The first-order valence-corrected chi connectivity index (χ1v) is 8.54. The van der Waals surface area contributed by atoms with Crippen LogP contribution in [0.4, 0.5) is 8.78 Å². The number of phenols is 1. The van der Waals surface area contributed by atoms with Crippen molar-refractivity contribution in [2.75, 3.05) is 5.75 Å². The number of aromatic hydroxyl groups is 1. The van der Waals surface area contributed by atoms with Gasteiger partial charge in [-0.05, 0) is 24.1 Å². The lowest BCUT2D eigenvalue weighted by atomic mass is 10.0. The van der Waals surface area contributed by atoms with E-state index in [0.29, 0.717) is 5.03 Å². The van der Waals surface area contributed by atoms with Crippen LogP contribution >= 0.6 is 11.8 Å². The van der Waals surface area contributed by atoms with Crippen molar-refractivity contribution in [3.63, 3.8) is 0 Å². The van der Waals surface area contributed by atoms with Gasteiger partial charge in [-0.3, -0.25) is 18.7 Å². The van der Waals surface area contributed by atoms with Gasteiger partial charge in [0, 0.05) is 18.4 Å². The third-order valence-corrected chi connectivity index (χ3v) is 5.59. The molecule has 0 spiro atoms. The van der Waals surface area contributed by atoms with Crippen molar-refractivity contribution in [2.24, 2.45) is 13.0 Å². The fraction of sp³-hybridized carbons (Fsp3) is 0.312. The van der Waals surface area contributed by atoms with E-state index < -0.39 is 47.1 Å². The van der Waals surface area contributed by atoms with Crippen LogP contribution < -0.4 is 11.2 Å². The topological polar surface area (TPSA) is 102 Å². The summed E-state index contributed by atoms with van der Waals surface area (Å²) in [7, 11) is 1.45. The maximum Gasteiger partial charge on any atom is 0.331 e. The predicted octanol–water partition coefficient (Wildman–Crippen LogP) is 0.928. The molecule has 0 fully saturated rings. The Morgan fingerprint density at radius 3 is 2.50 bits per heavy atom. The van der Waals surface area contributed by atoms with Crippen molar-refractivity contribution >= 4 is 17.7 Å². The SMILES string of the molecule is Cn1c2c(c(=O)n(Cc3cc(F)c(O)c(F)c3)c1=O)CC(C(=O)O)CS2. The third kappa shape index (κ3) is 3.00. The van der Waals surface area contributed by atoms with Crippen LogP contribution in [0.5, 0.6) is 5.75 Å². The normalized spacial score (nSPS) is 16.3. The standard InChI is InChI=1S/C16H14F2N2O5S/c1-19-14-9(4-8(6-26-14)15(23)24)13(22)20(16(19)25)5-7-2-10(17)12(21)11(18)3-7/h2-3,8,21H,4-6H2,1H3,(H,23,24). The summed E-state index contributed by atoms with van der Waals surface area (Å²) in [5.41, 5.74) is -1.19. The third-order valence-electron chi connectivity index (χ3n) is 4.22. The first-order valence-electron chi connectivity index (χ1n) is 7.56. The number of hydrogen-bond donors (Lipinski definition) is 2. The van der Waals surface area contributed by atoms with Gasteiger partial charge in [-0.1, -0.05) is 0 Å². The molecule has 1 aliphatic heterocycles. The van der Waals surface area contributed by atoms with Gasteiger partial charge in [-0.15, -0.1) is 11.8 Å². The first kappa shape index (κ1) is 18.2. The summed E-state index contributed by atoms with van der Waals surface area (Å²) in [4.78, 5) is 36.4. The minimum absolute atomic E-state index is 0.0183. The molecule has 7 nitrogen and oxygen atoms in total. The summed E-state index contributed by atoms with van der Waals surface area (Å²) in [6, 6.07) is 1.66. The van der Waals surface area contributed by atoms with Gasteiger partial charge in [0.1, 0.15) is 0 Å². The van der Waals surface area contributed by atoms with Crippen molar-refractivity contribution in [2.45, 2.75) is 18.0 Å². The Morgan fingerprint density at radius 2 is 1.92 bits per heavy atom. The van der Waals surface area contributed by atoms with Gasteiger partial charge in [-0.25, -0.2) is 13.6 Å². The number of carbonyl (C=O) groups is 1. The number of carboxylic acid groups (broad SMARTS) is 1. The number of carboxylic acids is 1. The Kier molecular flexibility index (Phi) is 4.61. The molecular weight excluding hydrogens is 370 g/mol. The zero-order chi connectivity index (χ0) is 19.2. The summed E-state index contributed by atoms with van der Waals surface area (Å²) in [5.74, 6) is -5.10. The molecule has 0 amide bonds. The smallest absolute Gasteiger partial charge is 0.331 e. The molecule has 0 bridgehead atoms. The second-order valence-electron chi connectivity index (χ2n) is 5.97. The number of fused-ring (bicyclic) bond motifs is 1. The van der Waals surface area contributed by atoms with E-state index in [1.807, 2.05) is 0 Å². The number of hydrogen-bond acceptors (Lipinski definition) is 5. The van der Waals surface area contributed by atoms with Gasteiger partial charge in [-0.2, -0.15) is 0 Å². The second kappa shape index (κ2) is 6.60. The van der Waals surface area contributed by atoms with Gasteiger partial charge in [0.15, 0.2) is 17.4 Å². The molecular formula is C16H14F2N2O5S. The molecule has 1 aliphatic rings. The predicted molar refractivity (Wildman–Crippen MR) is 88.6 cm³/mol. The molecule has 2 heterocycles. The van der Waals surface area contributed by atoms with Crippen LogP contribution in [0.1, 0.15) is 11.1 Å². The van der Waals surface area contributed by atoms with Crippen molar-refractivity contribution in [1.82, 2.24) is 9.13 Å². The Hall–Kier alpha value is -2.62. The zero-order valence-corrected chi connectivity index (χ0v) is 14.3. The Bertz CT molecular complexity index is 1010. The lowest BCUT2D eigenvalue weighted by Gasteiger charge is -2.23. The summed E-state index contributed by atoms with van der Waals surface area (Å²) in [6.45, 7) is -0.407. The lowest BCUT2D eigenvalue weighted by molar-refractivity contribution is -0.140. The molecule has 1 unspecified atom stereocenters. The van der Waals surface area contributed by atoms with Gasteiger partial charge in [0.2, 0.25) is 0 Å². The van der Waals surface area contributed by atoms with Crippen molar-refractivity contribution in [1.29, 1.82) is 0 Å². The van der Waals surface area contributed by atoms with E-state index in [-0.39, 0.29) is 23.3 Å². The number of aromatic nitrogens is 2. The number of aliphatic carboxylic acids is 1. The molecule has 138 valence electrons. The molecule has 3 rings (SSSR count). The number of phenolic OH excluding ortho intramolecular Hbond substituents is 1. The molecule has 0 radical (unpaired) electrons. The first-order chi connectivity index (χ1) is 12.2. The average Bonchev–Trinajstić information content (AvgIpc) is 2.60. The summed E-state index contributed by atoms with van der Waals surface area (Å²) in [5, 5.41) is 18.7. The van der Waals surface area contributed by atoms with E-state index >= 15 is 0 Å². The molecule has 1 atom stereocenters. The van der Waals surface area contributed by atoms with Gasteiger partial charge in [0.05, 0.1) is 17.5 Å². The van der Waals surface area contributed by atoms with Crippen molar-refractivity contribution in [3.8, 4) is 5.75 Å². The van der Waals surface area contributed by atoms with Crippen LogP contribution in [-0.4, -0.2) is 31.1 Å². The Balaban J connectivity index is 2.11. The van der Waals surface area contributed by atoms with Gasteiger partial charge in [0.25, 0.3) is 5.56 Å². The van der Waals surface area contributed by atoms with Crippen LogP contribution in [0.15, 0.2) is 26.7 Å². The maximum absolute atomic E-state index is 13.5. The molecule has 26 heavy (non-hydrogen) atoms. The molecule has 0 aliphatic carbocycles. The van der Waals surface area contributed by atoms with E-state index in [9.17, 15) is 28.3 Å². The number of thioether (sulfide) groups is 1.